The molecule has 4 rings (SSSR count). The second-order valence-electron chi connectivity index (χ2n) is 5.17. The van der Waals surface area contributed by atoms with E-state index in [9.17, 15) is 0 Å². The highest BCUT2D eigenvalue weighted by molar-refractivity contribution is 9.10. The third kappa shape index (κ3) is 2.07. The summed E-state index contributed by atoms with van der Waals surface area (Å²) >= 11 is 3.59. The summed E-state index contributed by atoms with van der Waals surface area (Å²) in [5.74, 6) is 0. The number of rotatable bonds is 1. The van der Waals surface area contributed by atoms with Crippen LogP contribution < -0.4 is 0 Å². The van der Waals surface area contributed by atoms with Crippen molar-refractivity contribution >= 4 is 39.0 Å². The zero-order valence-corrected chi connectivity index (χ0v) is 13.0. The molecule has 2 heteroatoms. The summed E-state index contributed by atoms with van der Waals surface area (Å²) in [4.78, 5) is 0. The molecular weight excluding hydrogens is 322 g/mol. The average Bonchev–Trinajstić information content (AvgIpc) is 2.66. The molecular formula is C19H14BrN. The Balaban J connectivity index is 2.15. The van der Waals surface area contributed by atoms with E-state index in [1.165, 1.54) is 27.8 Å². The van der Waals surface area contributed by atoms with Gasteiger partial charge in [-0.25, -0.2) is 0 Å². The Bertz CT molecular complexity index is 869. The molecule has 0 atom stereocenters. The lowest BCUT2D eigenvalue weighted by Crippen LogP contribution is -1.96. The van der Waals surface area contributed by atoms with Gasteiger partial charge in [0.05, 0.1) is 11.2 Å². The van der Waals surface area contributed by atoms with Crippen molar-refractivity contribution in [1.82, 2.24) is 4.57 Å². The van der Waals surface area contributed by atoms with E-state index in [0.29, 0.717) is 0 Å². The molecule has 0 N–H and O–H groups in total. The van der Waals surface area contributed by atoms with E-state index in [1.807, 2.05) is 0 Å². The van der Waals surface area contributed by atoms with Crippen LogP contribution in [-0.2, 0) is 0 Å². The van der Waals surface area contributed by atoms with Crippen LogP contribution in [0.15, 0.2) is 65.2 Å². The molecule has 0 saturated carbocycles. The largest absolute Gasteiger partial charge is 0.309 e. The van der Waals surface area contributed by atoms with Gasteiger partial charge >= 0.3 is 0 Å². The Kier molecular flexibility index (Phi) is 3.04. The number of allylic oxidation sites excluding steroid dienone is 2. The maximum absolute atomic E-state index is 3.59. The molecule has 0 bridgehead atoms. The van der Waals surface area contributed by atoms with Crippen molar-refractivity contribution in [3.05, 3.63) is 76.4 Å². The summed E-state index contributed by atoms with van der Waals surface area (Å²) in [5, 5.41) is 1.28. The second kappa shape index (κ2) is 5.05. The molecule has 0 fully saturated rings. The maximum Gasteiger partial charge on any atom is 0.0541 e. The summed E-state index contributed by atoms with van der Waals surface area (Å²) in [6.07, 6.45) is 9.90. The molecule has 0 saturated heterocycles. The third-order valence-electron chi connectivity index (χ3n) is 3.85. The van der Waals surface area contributed by atoms with Gasteiger partial charge in [-0.1, -0.05) is 52.4 Å². The van der Waals surface area contributed by atoms with Gasteiger partial charge < -0.3 is 4.57 Å². The van der Waals surface area contributed by atoms with Gasteiger partial charge in [0.15, 0.2) is 0 Å². The Morgan fingerprint density at radius 1 is 0.905 bits per heavy atom. The number of nitrogens with zero attached hydrogens (tertiary/aromatic N) is 1. The summed E-state index contributed by atoms with van der Waals surface area (Å²) in [7, 11) is 0. The van der Waals surface area contributed by atoms with Crippen molar-refractivity contribution < 1.29 is 0 Å². The summed E-state index contributed by atoms with van der Waals surface area (Å²) in [5.41, 5.74) is 4.99. The molecule has 0 radical (unpaired) electrons. The molecule has 102 valence electrons. The Hall–Kier alpha value is -2.06. The minimum absolute atomic E-state index is 0.985. The normalized spacial score (nSPS) is 13.4. The third-order valence-corrected chi connectivity index (χ3v) is 4.35. The molecule has 1 aliphatic rings. The number of aromatic nitrogens is 1. The number of hydrogen-bond acceptors (Lipinski definition) is 0. The lowest BCUT2D eigenvalue weighted by atomic mass is 10.1. The molecule has 3 aromatic rings. The lowest BCUT2D eigenvalue weighted by Gasteiger charge is -2.08. The molecule has 1 heterocycles. The van der Waals surface area contributed by atoms with Crippen LogP contribution in [0.1, 0.15) is 17.7 Å². The van der Waals surface area contributed by atoms with Crippen molar-refractivity contribution in [1.29, 1.82) is 0 Å². The second-order valence-corrected chi connectivity index (χ2v) is 6.09. The van der Waals surface area contributed by atoms with Crippen LogP contribution in [0.2, 0.25) is 0 Å². The Labute approximate surface area is 132 Å². The van der Waals surface area contributed by atoms with E-state index in [-0.39, 0.29) is 0 Å². The summed E-state index contributed by atoms with van der Waals surface area (Å²) < 4.78 is 3.45. The lowest BCUT2D eigenvalue weighted by molar-refractivity contribution is 1.10. The fourth-order valence-corrected chi connectivity index (χ4v) is 3.31. The first-order valence-electron chi connectivity index (χ1n) is 7.07. The number of para-hydroxylation sites is 1. The predicted molar refractivity (Wildman–Crippen MR) is 93.7 cm³/mol. The SMILES string of the molecule is Brc1ccc2c(c1)c1c(n2-c2ccccc2)C=CCC=C1. The van der Waals surface area contributed by atoms with Crippen molar-refractivity contribution in [2.24, 2.45) is 0 Å². The zero-order valence-electron chi connectivity index (χ0n) is 11.5. The standard InChI is InChI=1S/C19H14BrN/c20-14-11-12-19-17(13-14)16-9-5-2-6-10-18(16)21(19)15-7-3-1-4-8-15/h1,3-13H,2H2. The van der Waals surface area contributed by atoms with Gasteiger partial charge in [0.2, 0.25) is 0 Å². The smallest absolute Gasteiger partial charge is 0.0541 e. The molecule has 1 aromatic heterocycles. The van der Waals surface area contributed by atoms with Gasteiger partial charge in [-0.05, 0) is 42.8 Å². The Morgan fingerprint density at radius 3 is 2.57 bits per heavy atom. The highest BCUT2D eigenvalue weighted by Gasteiger charge is 2.15. The van der Waals surface area contributed by atoms with Gasteiger partial charge in [-0.2, -0.15) is 0 Å². The molecule has 1 nitrogen and oxygen atoms in total. The fourth-order valence-electron chi connectivity index (χ4n) is 2.95. The van der Waals surface area contributed by atoms with Gasteiger partial charge in [0.25, 0.3) is 0 Å². The molecule has 0 aliphatic heterocycles. The minimum Gasteiger partial charge on any atom is -0.309 e. The number of benzene rings is 2. The number of halogens is 1. The first-order chi connectivity index (χ1) is 10.3. The van der Waals surface area contributed by atoms with E-state index in [2.05, 4.69) is 93.3 Å². The van der Waals surface area contributed by atoms with Crippen LogP contribution in [0.3, 0.4) is 0 Å². The summed E-state index contributed by atoms with van der Waals surface area (Å²) in [6.45, 7) is 0. The topological polar surface area (TPSA) is 4.93 Å². The van der Waals surface area contributed by atoms with Crippen molar-refractivity contribution in [2.45, 2.75) is 6.42 Å². The van der Waals surface area contributed by atoms with Gasteiger partial charge in [-0.15, -0.1) is 0 Å². The van der Waals surface area contributed by atoms with E-state index >= 15 is 0 Å². The summed E-state index contributed by atoms with van der Waals surface area (Å²) in [6, 6.07) is 17.0. The minimum atomic E-state index is 0.985. The molecule has 1 aliphatic carbocycles. The van der Waals surface area contributed by atoms with E-state index in [1.54, 1.807) is 0 Å². The van der Waals surface area contributed by atoms with Crippen LogP contribution >= 0.6 is 15.9 Å². The van der Waals surface area contributed by atoms with Crippen LogP contribution in [0, 0.1) is 0 Å². The Morgan fingerprint density at radius 2 is 1.71 bits per heavy atom. The maximum atomic E-state index is 3.59. The average molecular weight is 336 g/mol. The fraction of sp³-hybridized carbons (Fsp3) is 0.0526. The van der Waals surface area contributed by atoms with Crippen LogP contribution in [0.5, 0.6) is 0 Å². The highest BCUT2D eigenvalue weighted by Crippen LogP contribution is 2.34. The van der Waals surface area contributed by atoms with Crippen molar-refractivity contribution in [3.8, 4) is 5.69 Å². The van der Waals surface area contributed by atoms with Crippen LogP contribution in [0.25, 0.3) is 28.7 Å². The highest BCUT2D eigenvalue weighted by atomic mass is 79.9. The van der Waals surface area contributed by atoms with Crippen molar-refractivity contribution in [2.75, 3.05) is 0 Å². The van der Waals surface area contributed by atoms with Gasteiger partial charge in [0, 0.05) is 21.1 Å². The monoisotopic (exact) mass is 335 g/mol. The quantitative estimate of drug-likeness (QED) is 0.527. The first kappa shape index (κ1) is 12.7. The molecule has 21 heavy (non-hydrogen) atoms. The number of fused-ring (bicyclic) bond motifs is 3. The van der Waals surface area contributed by atoms with E-state index in [4.69, 9.17) is 0 Å². The zero-order chi connectivity index (χ0) is 14.2. The number of hydrogen-bond donors (Lipinski definition) is 0. The van der Waals surface area contributed by atoms with Crippen LogP contribution in [0.4, 0.5) is 0 Å². The molecule has 0 spiro atoms. The van der Waals surface area contributed by atoms with Crippen molar-refractivity contribution in [3.63, 3.8) is 0 Å². The first-order valence-corrected chi connectivity index (χ1v) is 7.86. The predicted octanol–water partition coefficient (Wildman–Crippen LogP) is 5.82. The molecule has 2 aromatic carbocycles. The van der Waals surface area contributed by atoms with Gasteiger partial charge in [-0.3, -0.25) is 0 Å². The molecule has 0 unspecified atom stereocenters. The van der Waals surface area contributed by atoms with Gasteiger partial charge in [0.1, 0.15) is 0 Å². The molecule has 0 amide bonds. The van der Waals surface area contributed by atoms with E-state index in [0.717, 1.165) is 10.9 Å². The van der Waals surface area contributed by atoms with E-state index < -0.39 is 0 Å². The van der Waals surface area contributed by atoms with Crippen LogP contribution in [-0.4, -0.2) is 4.57 Å².